The molecule has 0 unspecified atom stereocenters. The Morgan fingerprint density at radius 3 is 1.36 bits per heavy atom. The van der Waals surface area contributed by atoms with E-state index in [1.807, 2.05) is 52.0 Å². The number of fused-ring (bicyclic) bond motifs is 3. The first kappa shape index (κ1) is 45.2. The average molecular weight is 905 g/mol. The summed E-state index contributed by atoms with van der Waals surface area (Å²) >= 11 is 0. The molecule has 5 aliphatic rings. The number of Topliss-reactive ketones (excluding diaryl/α,β-unsaturated/α-hetero) is 1. The molecule has 0 saturated carbocycles. The number of carbonyl (C=O) groups is 1. The van der Waals surface area contributed by atoms with Gasteiger partial charge in [0.05, 0.1) is 13.2 Å². The largest absolute Gasteiger partial charge is 0.486 e. The van der Waals surface area contributed by atoms with Crippen LogP contribution in [0.3, 0.4) is 0 Å². The highest BCUT2D eigenvalue weighted by Gasteiger charge is 2.66. The van der Waals surface area contributed by atoms with Gasteiger partial charge in [-0.05, 0) is 58.5 Å². The summed E-state index contributed by atoms with van der Waals surface area (Å²) in [6.45, 7) is 21.3. The zero-order valence-corrected chi connectivity index (χ0v) is 40.9. The van der Waals surface area contributed by atoms with E-state index in [1.54, 1.807) is 0 Å². The van der Waals surface area contributed by atoms with E-state index in [0.29, 0.717) is 17.9 Å². The Morgan fingerprint density at radius 1 is 0.547 bits per heavy atom. The Balaban J connectivity index is 1.05. The molecule has 0 bridgehead atoms. The second-order valence-corrected chi connectivity index (χ2v) is 29.4. The maximum atomic E-state index is 14.9. The van der Waals surface area contributed by atoms with Crippen molar-refractivity contribution < 1.29 is 46.8 Å². The molecule has 3 saturated heterocycles. The molecule has 0 amide bonds. The van der Waals surface area contributed by atoms with Gasteiger partial charge in [-0.3, -0.25) is 4.79 Å². The number of ether oxygens (including phenoxy) is 7. The lowest BCUT2D eigenvalue weighted by Crippen LogP contribution is -2.69. The second-order valence-electron chi connectivity index (χ2n) is 20.8. The molecule has 4 aromatic carbocycles. The van der Waals surface area contributed by atoms with Crippen LogP contribution in [0.5, 0.6) is 0 Å². The minimum absolute atomic E-state index is 0.134. The minimum Gasteiger partial charge on any atom is -0.486 e. The maximum absolute atomic E-state index is 14.9. The quantitative estimate of drug-likeness (QED) is 0.151. The highest BCUT2D eigenvalue weighted by atomic mass is 28.4. The Hall–Kier alpha value is -3.96. The second kappa shape index (κ2) is 16.4. The van der Waals surface area contributed by atoms with Crippen LogP contribution in [0.1, 0.15) is 82.1 Å². The molecule has 5 aliphatic heterocycles. The van der Waals surface area contributed by atoms with Crippen LogP contribution in [0.2, 0.25) is 10.1 Å². The molecule has 9 rings (SSSR count). The molecule has 0 aromatic heterocycles. The lowest BCUT2D eigenvalue weighted by atomic mass is 9.88. The van der Waals surface area contributed by atoms with Crippen molar-refractivity contribution in [1.82, 2.24) is 0 Å². The molecule has 64 heavy (non-hydrogen) atoms. The van der Waals surface area contributed by atoms with Gasteiger partial charge in [-0.2, -0.15) is 0 Å². The highest BCUT2D eigenvalue weighted by Crippen LogP contribution is 2.51. The van der Waals surface area contributed by atoms with E-state index in [9.17, 15) is 4.79 Å². The fourth-order valence-corrected chi connectivity index (χ4v) is 20.0. The van der Waals surface area contributed by atoms with E-state index in [4.69, 9.17) is 42.0 Å². The first-order valence-corrected chi connectivity index (χ1v) is 26.6. The fraction of sp³-hybridized carbons (Fsp3) is 0.481. The number of hydrogen-bond donors (Lipinski definition) is 0. The monoisotopic (exact) mass is 904 g/mol. The van der Waals surface area contributed by atoms with E-state index < -0.39 is 70.6 Å². The van der Waals surface area contributed by atoms with Gasteiger partial charge in [-0.15, -0.1) is 0 Å². The summed E-state index contributed by atoms with van der Waals surface area (Å²) in [6, 6.07) is 42.1. The van der Waals surface area contributed by atoms with Crippen LogP contribution in [0.15, 0.2) is 133 Å². The molecule has 7 atom stereocenters. The summed E-state index contributed by atoms with van der Waals surface area (Å²) < 4.78 is 62.1. The van der Waals surface area contributed by atoms with E-state index >= 15 is 0 Å². The van der Waals surface area contributed by atoms with Crippen LogP contribution in [0.25, 0.3) is 0 Å². The van der Waals surface area contributed by atoms with Gasteiger partial charge in [-0.1, -0.05) is 163 Å². The molecule has 0 aliphatic carbocycles. The van der Waals surface area contributed by atoms with Gasteiger partial charge in [0.1, 0.15) is 30.2 Å². The van der Waals surface area contributed by atoms with E-state index in [1.165, 1.54) is 10.4 Å². The van der Waals surface area contributed by atoms with Gasteiger partial charge in [0.2, 0.25) is 5.78 Å². The van der Waals surface area contributed by atoms with Gasteiger partial charge in [0.25, 0.3) is 22.4 Å². The normalized spacial score (nSPS) is 28.8. The summed E-state index contributed by atoms with van der Waals surface area (Å²) in [5.41, 5.74) is 0. The Bertz CT molecular complexity index is 2250. The van der Waals surface area contributed by atoms with Crippen LogP contribution in [-0.2, 0) is 46.8 Å². The number of allylic oxidation sites excluding steroid dienone is 1. The van der Waals surface area contributed by atoms with Crippen molar-refractivity contribution in [3.63, 3.8) is 0 Å². The molecule has 3 fully saturated rings. The zero-order valence-electron chi connectivity index (χ0n) is 38.9. The Labute approximate surface area is 380 Å². The number of hydrogen-bond acceptors (Lipinski definition) is 10. The molecule has 340 valence electrons. The van der Waals surface area contributed by atoms with E-state index in [2.05, 4.69) is 139 Å². The van der Waals surface area contributed by atoms with Crippen LogP contribution < -0.4 is 20.7 Å². The fourth-order valence-electron chi connectivity index (χ4n) is 10.8. The Morgan fingerprint density at radius 2 is 0.938 bits per heavy atom. The summed E-state index contributed by atoms with van der Waals surface area (Å²) in [5, 5.41) is 4.10. The van der Waals surface area contributed by atoms with Crippen LogP contribution in [0, 0.1) is 0 Å². The lowest BCUT2D eigenvalue weighted by Gasteiger charge is -2.49. The summed E-state index contributed by atoms with van der Waals surface area (Å²) in [7, 11) is -5.94. The molecular weight excluding hydrogens is 841 g/mol. The molecule has 5 heterocycles. The van der Waals surface area contributed by atoms with Gasteiger partial charge in [0, 0.05) is 12.8 Å². The van der Waals surface area contributed by atoms with Crippen LogP contribution in [-0.4, -0.2) is 89.6 Å². The van der Waals surface area contributed by atoms with E-state index in [0.717, 1.165) is 10.4 Å². The first-order valence-electron chi connectivity index (χ1n) is 22.8. The summed E-state index contributed by atoms with van der Waals surface area (Å²) in [6.07, 6.45) is -3.69. The third-order valence-electron chi connectivity index (χ3n) is 13.5. The predicted molar refractivity (Wildman–Crippen MR) is 250 cm³/mol. The lowest BCUT2D eigenvalue weighted by molar-refractivity contribution is -0.286. The number of ketones is 1. The molecule has 1 spiro atoms. The van der Waals surface area contributed by atoms with Crippen molar-refractivity contribution in [1.29, 1.82) is 0 Å². The van der Waals surface area contributed by atoms with Crippen molar-refractivity contribution in [2.75, 3.05) is 13.2 Å². The average Bonchev–Trinajstić information content (AvgIpc) is 3.78. The van der Waals surface area contributed by atoms with Gasteiger partial charge in [-0.25, -0.2) is 0 Å². The molecule has 12 heteroatoms. The molecule has 0 N–H and O–H groups in total. The summed E-state index contributed by atoms with van der Waals surface area (Å²) in [5.74, 6) is -3.06. The molecular formula is C52H64O10Si2. The number of rotatable bonds is 10. The predicted octanol–water partition coefficient (Wildman–Crippen LogP) is 7.26. The number of carbonyl (C=O) groups excluding carboxylic acids is 1. The molecule has 4 aromatic rings. The SMILES string of the molecule is CC1(C)O[C@@H]2[C@@H](CO[Si](c3ccccc3)(c3ccccc3)C(C)(C)C)O[C@@]3(CCC4=C(O3)[C@@H]3OC(C)(C)O[C@@H]3[C@@H](CO[Si](c3ccccc3)(c3ccccc3)C(C)(C)C)O4)C(=O)[C@@H]2O1. The van der Waals surface area contributed by atoms with Gasteiger partial charge in [0.15, 0.2) is 29.5 Å². The van der Waals surface area contributed by atoms with Gasteiger partial charge < -0.3 is 42.0 Å². The highest BCUT2D eigenvalue weighted by molar-refractivity contribution is 7.00. The maximum Gasteiger partial charge on any atom is 0.273 e. The molecule has 10 nitrogen and oxygen atoms in total. The van der Waals surface area contributed by atoms with Crippen molar-refractivity contribution in [3.05, 3.63) is 133 Å². The third kappa shape index (κ3) is 7.76. The zero-order chi connectivity index (χ0) is 45.3. The first-order chi connectivity index (χ1) is 30.3. The summed E-state index contributed by atoms with van der Waals surface area (Å²) in [4.78, 5) is 14.9. The van der Waals surface area contributed by atoms with Crippen molar-refractivity contribution in [3.8, 4) is 0 Å². The van der Waals surface area contributed by atoms with Crippen molar-refractivity contribution >= 4 is 43.2 Å². The minimum atomic E-state index is -3.01. The van der Waals surface area contributed by atoms with E-state index in [-0.39, 0.29) is 35.5 Å². The van der Waals surface area contributed by atoms with Gasteiger partial charge >= 0.3 is 0 Å². The van der Waals surface area contributed by atoms with Crippen LogP contribution >= 0.6 is 0 Å². The number of benzene rings is 4. The van der Waals surface area contributed by atoms with Crippen molar-refractivity contribution in [2.24, 2.45) is 0 Å². The van der Waals surface area contributed by atoms with Crippen molar-refractivity contribution in [2.45, 2.75) is 146 Å². The van der Waals surface area contributed by atoms with Crippen LogP contribution in [0.4, 0.5) is 0 Å². The smallest absolute Gasteiger partial charge is 0.273 e. The topological polar surface area (TPSA) is 100 Å². The third-order valence-corrected chi connectivity index (χ3v) is 23.5. The standard InChI is InChI=1S/C52H64O10Si2/c1-48(2,3)63(35-23-15-11-16-24-35,36-25-17-12-18-26-36)54-33-40-43-45(60-50(7,8)58-43)42-39(56-40)31-32-52(62-42)47(53)46-44(59-51(9,10)61-46)41(57-52)34-55-64(49(4,5)6,37-27-19-13-20-28-37)38-29-21-14-22-30-38/h11-30,40-41,43-46H,31-34H2,1-10H3/t40-,41-,43-,44-,45+,46-,52-/m1/s1. The Kier molecular flexibility index (Phi) is 11.6. The molecule has 0 radical (unpaired) electrons.